The van der Waals surface area contributed by atoms with Crippen molar-refractivity contribution in [1.29, 1.82) is 0 Å². The predicted molar refractivity (Wildman–Crippen MR) is 82.5 cm³/mol. The number of para-hydroxylation sites is 1. The highest BCUT2D eigenvalue weighted by Crippen LogP contribution is 2.13. The Kier molecular flexibility index (Phi) is 3.75. The van der Waals surface area contributed by atoms with Gasteiger partial charge in [0, 0.05) is 11.6 Å². The number of hydrogen-bond donors (Lipinski definition) is 3. The van der Waals surface area contributed by atoms with E-state index in [1.165, 1.54) is 0 Å². The summed E-state index contributed by atoms with van der Waals surface area (Å²) in [6.45, 7) is 3.88. The van der Waals surface area contributed by atoms with Crippen LogP contribution in [-0.2, 0) is 0 Å². The molecule has 0 aliphatic carbocycles. The molecule has 2 unspecified atom stereocenters. The second kappa shape index (κ2) is 5.69. The van der Waals surface area contributed by atoms with E-state index < -0.39 is 0 Å². The maximum Gasteiger partial charge on any atom is 0.261 e. The van der Waals surface area contributed by atoms with Crippen LogP contribution in [0.1, 0.15) is 23.7 Å². The standard InChI is InChI=1S/C16H19N3O2/c1-10-9-17-7-6-13(10)18-15(20)12-8-11-4-2-3-5-14(11)19-16(12)21/h2-5,8,10,13,17H,6-7,9H2,1H3,(H,18,20)(H,19,21). The van der Waals surface area contributed by atoms with Crippen molar-refractivity contribution >= 4 is 16.8 Å². The van der Waals surface area contributed by atoms with Crippen LogP contribution in [0.5, 0.6) is 0 Å². The summed E-state index contributed by atoms with van der Waals surface area (Å²) in [6, 6.07) is 9.23. The molecule has 2 aromatic rings. The van der Waals surface area contributed by atoms with Crippen molar-refractivity contribution < 1.29 is 4.79 Å². The molecule has 21 heavy (non-hydrogen) atoms. The van der Waals surface area contributed by atoms with Gasteiger partial charge in [-0.1, -0.05) is 25.1 Å². The average molecular weight is 285 g/mol. The van der Waals surface area contributed by atoms with Crippen LogP contribution >= 0.6 is 0 Å². The lowest BCUT2D eigenvalue weighted by Crippen LogP contribution is -2.49. The number of H-pyrrole nitrogens is 1. The van der Waals surface area contributed by atoms with Crippen molar-refractivity contribution in [2.24, 2.45) is 5.92 Å². The summed E-state index contributed by atoms with van der Waals surface area (Å²) in [5, 5.41) is 7.15. The van der Waals surface area contributed by atoms with Gasteiger partial charge in [-0.05, 0) is 42.9 Å². The number of benzene rings is 1. The fraction of sp³-hybridized carbons (Fsp3) is 0.375. The summed E-state index contributed by atoms with van der Waals surface area (Å²) < 4.78 is 0. The molecule has 1 fully saturated rings. The number of pyridine rings is 1. The zero-order chi connectivity index (χ0) is 14.8. The lowest BCUT2D eigenvalue weighted by atomic mass is 9.95. The van der Waals surface area contributed by atoms with E-state index in [0.29, 0.717) is 5.92 Å². The van der Waals surface area contributed by atoms with E-state index in [0.717, 1.165) is 30.4 Å². The first-order valence-electron chi connectivity index (χ1n) is 7.29. The molecule has 0 radical (unpaired) electrons. The van der Waals surface area contributed by atoms with Crippen molar-refractivity contribution in [3.05, 3.63) is 46.2 Å². The van der Waals surface area contributed by atoms with Crippen molar-refractivity contribution in [2.75, 3.05) is 13.1 Å². The van der Waals surface area contributed by atoms with E-state index >= 15 is 0 Å². The molecule has 2 atom stereocenters. The van der Waals surface area contributed by atoms with Gasteiger partial charge in [0.25, 0.3) is 11.5 Å². The van der Waals surface area contributed by atoms with Crippen LogP contribution in [0.2, 0.25) is 0 Å². The minimum atomic E-state index is -0.340. The molecular weight excluding hydrogens is 266 g/mol. The highest BCUT2D eigenvalue weighted by Gasteiger charge is 2.24. The summed E-state index contributed by atoms with van der Waals surface area (Å²) in [5.74, 6) is 0.0722. The van der Waals surface area contributed by atoms with Crippen LogP contribution in [-0.4, -0.2) is 30.0 Å². The first kappa shape index (κ1) is 13.8. The summed E-state index contributed by atoms with van der Waals surface area (Å²) >= 11 is 0. The van der Waals surface area contributed by atoms with Crippen molar-refractivity contribution in [2.45, 2.75) is 19.4 Å². The van der Waals surface area contributed by atoms with Crippen molar-refractivity contribution in [3.63, 3.8) is 0 Å². The number of hydrogen-bond acceptors (Lipinski definition) is 3. The first-order valence-corrected chi connectivity index (χ1v) is 7.29. The van der Waals surface area contributed by atoms with Gasteiger partial charge in [-0.2, -0.15) is 0 Å². The van der Waals surface area contributed by atoms with Gasteiger partial charge < -0.3 is 15.6 Å². The van der Waals surface area contributed by atoms with Gasteiger partial charge >= 0.3 is 0 Å². The van der Waals surface area contributed by atoms with Crippen LogP contribution < -0.4 is 16.2 Å². The second-order valence-corrected chi connectivity index (χ2v) is 5.65. The minimum Gasteiger partial charge on any atom is -0.349 e. The second-order valence-electron chi connectivity index (χ2n) is 5.65. The molecule has 0 bridgehead atoms. The maximum atomic E-state index is 12.4. The fourth-order valence-corrected chi connectivity index (χ4v) is 2.79. The molecule has 3 N–H and O–H groups in total. The van der Waals surface area contributed by atoms with Gasteiger partial charge in [-0.3, -0.25) is 9.59 Å². The highest BCUT2D eigenvalue weighted by molar-refractivity contribution is 5.97. The number of amides is 1. The molecule has 1 aromatic heterocycles. The Labute approximate surface area is 122 Å². The van der Waals surface area contributed by atoms with E-state index in [2.05, 4.69) is 22.5 Å². The van der Waals surface area contributed by atoms with Crippen molar-refractivity contribution in [3.8, 4) is 0 Å². The van der Waals surface area contributed by atoms with Crippen LogP contribution in [0.3, 0.4) is 0 Å². The van der Waals surface area contributed by atoms with E-state index in [-0.39, 0.29) is 23.1 Å². The van der Waals surface area contributed by atoms with Crippen LogP contribution in [0.4, 0.5) is 0 Å². The maximum absolute atomic E-state index is 12.4. The van der Waals surface area contributed by atoms with E-state index in [4.69, 9.17) is 0 Å². The number of carbonyl (C=O) groups is 1. The first-order chi connectivity index (χ1) is 10.1. The largest absolute Gasteiger partial charge is 0.349 e. The topological polar surface area (TPSA) is 74.0 Å². The molecule has 1 aromatic carbocycles. The quantitative estimate of drug-likeness (QED) is 0.777. The summed E-state index contributed by atoms with van der Waals surface area (Å²) in [5.41, 5.74) is 0.585. The monoisotopic (exact) mass is 285 g/mol. The van der Waals surface area contributed by atoms with Crippen LogP contribution in [0.15, 0.2) is 35.1 Å². The Balaban J connectivity index is 1.87. The molecule has 2 heterocycles. The molecule has 5 nitrogen and oxygen atoms in total. The molecule has 1 saturated heterocycles. The number of rotatable bonds is 2. The third-order valence-corrected chi connectivity index (χ3v) is 4.10. The Hall–Kier alpha value is -2.14. The average Bonchev–Trinajstić information content (AvgIpc) is 2.49. The van der Waals surface area contributed by atoms with Crippen molar-refractivity contribution in [1.82, 2.24) is 15.6 Å². The molecule has 110 valence electrons. The number of aromatic nitrogens is 1. The summed E-state index contributed by atoms with van der Waals surface area (Å²) in [6.07, 6.45) is 0.887. The molecule has 5 heteroatoms. The molecule has 0 saturated carbocycles. The Morgan fingerprint density at radius 1 is 1.33 bits per heavy atom. The van der Waals surface area contributed by atoms with Gasteiger partial charge in [-0.25, -0.2) is 0 Å². The molecule has 1 aliphatic rings. The van der Waals surface area contributed by atoms with Gasteiger partial charge in [0.15, 0.2) is 0 Å². The van der Waals surface area contributed by atoms with E-state index in [1.807, 2.05) is 24.3 Å². The third kappa shape index (κ3) is 2.83. The summed E-state index contributed by atoms with van der Waals surface area (Å²) in [4.78, 5) is 27.2. The number of piperidine rings is 1. The van der Waals surface area contributed by atoms with Gasteiger partial charge in [-0.15, -0.1) is 0 Å². The molecular formula is C16H19N3O2. The lowest BCUT2D eigenvalue weighted by Gasteiger charge is -2.30. The molecule has 1 aliphatic heterocycles. The zero-order valence-electron chi connectivity index (χ0n) is 12.0. The Morgan fingerprint density at radius 2 is 2.14 bits per heavy atom. The van der Waals surface area contributed by atoms with E-state index in [9.17, 15) is 9.59 Å². The Bertz CT molecular complexity index is 723. The normalized spacial score (nSPS) is 22.1. The lowest BCUT2D eigenvalue weighted by molar-refractivity contribution is 0.0913. The SMILES string of the molecule is CC1CNCCC1NC(=O)c1cc2ccccc2[nH]c1=O. The number of fused-ring (bicyclic) bond motifs is 1. The molecule has 3 rings (SSSR count). The number of carbonyl (C=O) groups excluding carboxylic acids is 1. The van der Waals surface area contributed by atoms with Gasteiger partial charge in [0.05, 0.1) is 0 Å². The zero-order valence-corrected chi connectivity index (χ0v) is 12.0. The number of nitrogens with one attached hydrogen (secondary N) is 3. The van der Waals surface area contributed by atoms with Gasteiger partial charge in [0.2, 0.25) is 0 Å². The Morgan fingerprint density at radius 3 is 2.95 bits per heavy atom. The molecule has 1 amide bonds. The fourth-order valence-electron chi connectivity index (χ4n) is 2.79. The van der Waals surface area contributed by atoms with Crippen LogP contribution in [0.25, 0.3) is 10.9 Å². The van der Waals surface area contributed by atoms with E-state index in [1.54, 1.807) is 6.07 Å². The van der Waals surface area contributed by atoms with Crippen LogP contribution in [0, 0.1) is 5.92 Å². The number of aromatic amines is 1. The predicted octanol–water partition coefficient (Wildman–Crippen LogP) is 1.26. The summed E-state index contributed by atoms with van der Waals surface area (Å²) in [7, 11) is 0. The van der Waals surface area contributed by atoms with Gasteiger partial charge in [0.1, 0.15) is 5.56 Å². The smallest absolute Gasteiger partial charge is 0.261 e. The molecule has 0 spiro atoms. The highest BCUT2D eigenvalue weighted by atomic mass is 16.2. The third-order valence-electron chi connectivity index (χ3n) is 4.10. The minimum absolute atomic E-state index is 0.115.